The van der Waals surface area contributed by atoms with Gasteiger partial charge in [0, 0.05) is 18.5 Å². The number of carbonyl (C=O) groups excluding carboxylic acids is 1. The van der Waals surface area contributed by atoms with Crippen molar-refractivity contribution in [2.75, 3.05) is 13.7 Å². The molecule has 0 bridgehead atoms. The minimum Gasteiger partial charge on any atom is -0.497 e. The maximum absolute atomic E-state index is 12.5. The lowest BCUT2D eigenvalue weighted by atomic mass is 10.0. The lowest BCUT2D eigenvalue weighted by molar-refractivity contribution is -0.135. The summed E-state index contributed by atoms with van der Waals surface area (Å²) < 4.78 is 10.7. The van der Waals surface area contributed by atoms with Crippen LogP contribution in [0.5, 0.6) is 5.75 Å². The average Bonchev–Trinajstić information content (AvgIpc) is 3.16. The molecule has 6 heteroatoms. The van der Waals surface area contributed by atoms with Gasteiger partial charge in [-0.3, -0.25) is 4.79 Å². The van der Waals surface area contributed by atoms with Gasteiger partial charge >= 0.3 is 0 Å². The first-order valence-electron chi connectivity index (χ1n) is 9.00. The van der Waals surface area contributed by atoms with Gasteiger partial charge in [0.05, 0.1) is 7.11 Å². The molecular formula is C19H25N3O3. The van der Waals surface area contributed by atoms with Crippen LogP contribution in [0.25, 0.3) is 11.4 Å². The lowest BCUT2D eigenvalue weighted by Crippen LogP contribution is -2.38. The Morgan fingerprint density at radius 3 is 2.84 bits per heavy atom. The van der Waals surface area contributed by atoms with E-state index in [1.807, 2.05) is 29.2 Å². The van der Waals surface area contributed by atoms with Crippen LogP contribution in [0.2, 0.25) is 0 Å². The first kappa shape index (κ1) is 17.5. The predicted octanol–water partition coefficient (Wildman–Crippen LogP) is 3.99. The second-order valence-electron chi connectivity index (χ2n) is 6.39. The number of piperidine rings is 1. The molecule has 2 heterocycles. The van der Waals surface area contributed by atoms with Gasteiger partial charge in [0.15, 0.2) is 0 Å². The number of carbonyl (C=O) groups is 1. The summed E-state index contributed by atoms with van der Waals surface area (Å²) in [5, 5.41) is 4.11. The second-order valence-corrected chi connectivity index (χ2v) is 6.39. The van der Waals surface area contributed by atoms with Gasteiger partial charge in [0.25, 0.3) is 0 Å². The van der Waals surface area contributed by atoms with Gasteiger partial charge in [-0.1, -0.05) is 18.5 Å². The van der Waals surface area contributed by atoms with E-state index in [2.05, 4.69) is 17.1 Å². The molecule has 0 radical (unpaired) electrons. The fourth-order valence-corrected chi connectivity index (χ4v) is 3.19. The number of ether oxygens (including phenoxy) is 1. The van der Waals surface area contributed by atoms with Crippen molar-refractivity contribution < 1.29 is 14.1 Å². The summed E-state index contributed by atoms with van der Waals surface area (Å²) in [6.45, 7) is 2.87. The third-order valence-corrected chi connectivity index (χ3v) is 4.64. The predicted molar refractivity (Wildman–Crippen MR) is 94.1 cm³/mol. The van der Waals surface area contributed by atoms with E-state index in [1.54, 1.807) is 7.11 Å². The van der Waals surface area contributed by atoms with E-state index in [9.17, 15) is 4.79 Å². The number of hydrogen-bond donors (Lipinski definition) is 0. The molecule has 0 N–H and O–H groups in total. The van der Waals surface area contributed by atoms with Gasteiger partial charge in [-0.2, -0.15) is 4.98 Å². The van der Waals surface area contributed by atoms with Gasteiger partial charge in [-0.25, -0.2) is 0 Å². The highest BCUT2D eigenvalue weighted by atomic mass is 16.5. The van der Waals surface area contributed by atoms with Gasteiger partial charge in [-0.05, 0) is 49.9 Å². The van der Waals surface area contributed by atoms with E-state index in [0.717, 1.165) is 50.0 Å². The molecule has 1 fully saturated rings. The van der Waals surface area contributed by atoms with E-state index in [1.165, 1.54) is 0 Å². The summed E-state index contributed by atoms with van der Waals surface area (Å²) in [5.41, 5.74) is 0.871. The Kier molecular flexibility index (Phi) is 5.68. The van der Waals surface area contributed by atoms with Crippen molar-refractivity contribution in [1.82, 2.24) is 15.0 Å². The van der Waals surface area contributed by atoms with Crippen LogP contribution in [0.1, 0.15) is 57.4 Å². The van der Waals surface area contributed by atoms with Gasteiger partial charge in [0.1, 0.15) is 11.8 Å². The molecule has 1 amide bonds. The summed E-state index contributed by atoms with van der Waals surface area (Å²) in [4.78, 5) is 19.0. The SMILES string of the molecule is CCCCC(=O)N1CCCC[C@H]1c1nc(-c2ccc(OC)cc2)no1. The maximum atomic E-state index is 12.5. The molecule has 1 aliphatic rings. The Bertz CT molecular complexity index is 696. The van der Waals surface area contributed by atoms with E-state index < -0.39 is 0 Å². The van der Waals surface area contributed by atoms with Gasteiger partial charge in [-0.15, -0.1) is 0 Å². The summed E-state index contributed by atoms with van der Waals surface area (Å²) in [6.07, 6.45) is 5.51. The van der Waals surface area contributed by atoms with Crippen LogP contribution < -0.4 is 4.74 Å². The molecule has 1 atom stereocenters. The highest BCUT2D eigenvalue weighted by Crippen LogP contribution is 2.32. The molecule has 1 aromatic heterocycles. The van der Waals surface area contributed by atoms with Gasteiger partial charge in [0.2, 0.25) is 17.6 Å². The number of likely N-dealkylation sites (tertiary alicyclic amines) is 1. The number of amides is 1. The van der Waals surface area contributed by atoms with Crippen LogP contribution in [0, 0.1) is 0 Å². The molecule has 0 saturated carbocycles. The zero-order valence-corrected chi connectivity index (χ0v) is 14.9. The van der Waals surface area contributed by atoms with Crippen LogP contribution in [-0.4, -0.2) is 34.6 Å². The fourth-order valence-electron chi connectivity index (χ4n) is 3.19. The number of hydrogen-bond acceptors (Lipinski definition) is 5. The van der Waals surface area contributed by atoms with E-state index >= 15 is 0 Å². The first-order chi connectivity index (χ1) is 12.2. The molecular weight excluding hydrogens is 318 g/mol. The van der Waals surface area contributed by atoms with Crippen molar-refractivity contribution in [3.8, 4) is 17.1 Å². The van der Waals surface area contributed by atoms with Crippen molar-refractivity contribution in [3.63, 3.8) is 0 Å². The maximum Gasteiger partial charge on any atom is 0.249 e. The summed E-state index contributed by atoms with van der Waals surface area (Å²) in [5.74, 6) is 2.06. The third-order valence-electron chi connectivity index (χ3n) is 4.64. The molecule has 25 heavy (non-hydrogen) atoms. The quantitative estimate of drug-likeness (QED) is 0.793. The van der Waals surface area contributed by atoms with E-state index in [-0.39, 0.29) is 11.9 Å². The van der Waals surface area contributed by atoms with Crippen LogP contribution in [0.4, 0.5) is 0 Å². The standard InChI is InChI=1S/C19H25N3O3/c1-3-4-8-17(23)22-13-6-5-7-16(22)19-20-18(21-25-19)14-9-11-15(24-2)12-10-14/h9-12,16H,3-8,13H2,1-2H3/t16-/m0/s1. The molecule has 2 aromatic rings. The number of benzene rings is 1. The average molecular weight is 343 g/mol. The molecule has 1 aliphatic heterocycles. The number of unbranched alkanes of at least 4 members (excludes halogenated alkanes) is 1. The van der Waals surface area contributed by atoms with Crippen molar-refractivity contribution in [2.45, 2.75) is 51.5 Å². The van der Waals surface area contributed by atoms with Gasteiger partial charge < -0.3 is 14.2 Å². The highest BCUT2D eigenvalue weighted by Gasteiger charge is 2.31. The Morgan fingerprint density at radius 2 is 2.12 bits per heavy atom. The Hall–Kier alpha value is -2.37. The Balaban J connectivity index is 1.77. The lowest BCUT2D eigenvalue weighted by Gasteiger charge is -2.33. The minimum absolute atomic E-state index is 0.0994. The van der Waals surface area contributed by atoms with Crippen LogP contribution >= 0.6 is 0 Å². The zero-order valence-electron chi connectivity index (χ0n) is 14.9. The van der Waals surface area contributed by atoms with Crippen LogP contribution in [0.3, 0.4) is 0 Å². The molecule has 1 saturated heterocycles. The molecule has 134 valence electrons. The summed E-state index contributed by atoms with van der Waals surface area (Å²) in [6, 6.07) is 7.44. The van der Waals surface area contributed by atoms with Crippen LogP contribution in [0.15, 0.2) is 28.8 Å². The van der Waals surface area contributed by atoms with E-state index in [4.69, 9.17) is 9.26 Å². The smallest absolute Gasteiger partial charge is 0.249 e. The van der Waals surface area contributed by atoms with Crippen molar-refractivity contribution in [1.29, 1.82) is 0 Å². The second kappa shape index (κ2) is 8.14. The largest absolute Gasteiger partial charge is 0.497 e. The van der Waals surface area contributed by atoms with Crippen molar-refractivity contribution >= 4 is 5.91 Å². The zero-order chi connectivity index (χ0) is 17.6. The van der Waals surface area contributed by atoms with Crippen molar-refractivity contribution in [2.24, 2.45) is 0 Å². The monoisotopic (exact) mass is 343 g/mol. The number of nitrogens with zero attached hydrogens (tertiary/aromatic N) is 3. The van der Waals surface area contributed by atoms with E-state index in [0.29, 0.717) is 18.1 Å². The normalized spacial score (nSPS) is 17.5. The number of methoxy groups -OCH3 is 1. The third kappa shape index (κ3) is 4.00. The molecule has 3 rings (SSSR count). The van der Waals surface area contributed by atoms with Crippen LogP contribution in [-0.2, 0) is 4.79 Å². The fraction of sp³-hybridized carbons (Fsp3) is 0.526. The first-order valence-corrected chi connectivity index (χ1v) is 9.00. The Morgan fingerprint density at radius 1 is 1.32 bits per heavy atom. The summed E-state index contributed by atoms with van der Waals surface area (Å²) in [7, 11) is 1.63. The molecule has 0 spiro atoms. The number of rotatable bonds is 6. The molecule has 0 unspecified atom stereocenters. The van der Waals surface area contributed by atoms with Crippen molar-refractivity contribution in [3.05, 3.63) is 30.2 Å². The highest BCUT2D eigenvalue weighted by molar-refractivity contribution is 5.76. The Labute approximate surface area is 148 Å². The molecule has 1 aromatic carbocycles. The number of aromatic nitrogens is 2. The minimum atomic E-state index is -0.0994. The molecule has 0 aliphatic carbocycles. The molecule has 6 nitrogen and oxygen atoms in total. The summed E-state index contributed by atoms with van der Waals surface area (Å²) >= 11 is 0. The topological polar surface area (TPSA) is 68.5 Å².